The first-order valence-electron chi connectivity index (χ1n) is 8.88. The number of para-hydroxylation sites is 3. The molecule has 6 nitrogen and oxygen atoms in total. The van der Waals surface area contributed by atoms with Crippen LogP contribution in [0.3, 0.4) is 0 Å². The second-order valence-corrected chi connectivity index (χ2v) is 6.17. The molecule has 144 valence electrons. The number of anilines is 1. The first-order valence-corrected chi connectivity index (χ1v) is 8.88. The van der Waals surface area contributed by atoms with E-state index in [4.69, 9.17) is 4.74 Å². The van der Waals surface area contributed by atoms with Crippen molar-refractivity contribution >= 4 is 11.6 Å². The number of hydrogen-bond donors (Lipinski definition) is 1. The van der Waals surface area contributed by atoms with Crippen molar-refractivity contribution in [3.05, 3.63) is 90.5 Å². The van der Waals surface area contributed by atoms with E-state index in [0.717, 1.165) is 5.69 Å². The fourth-order valence-electron chi connectivity index (χ4n) is 2.87. The summed E-state index contributed by atoms with van der Waals surface area (Å²) in [7, 11) is 1.53. The minimum absolute atomic E-state index is 0.0147. The maximum atomic E-state index is 13.4. The van der Waals surface area contributed by atoms with Gasteiger partial charge in [0.15, 0.2) is 5.82 Å². The van der Waals surface area contributed by atoms with Crippen LogP contribution in [-0.4, -0.2) is 27.8 Å². The molecule has 3 aromatic carbocycles. The van der Waals surface area contributed by atoms with Crippen molar-refractivity contribution in [3.8, 4) is 22.8 Å². The van der Waals surface area contributed by atoms with E-state index < -0.39 is 5.91 Å². The number of amides is 1. The van der Waals surface area contributed by atoms with Gasteiger partial charge in [-0.2, -0.15) is 0 Å². The van der Waals surface area contributed by atoms with E-state index in [1.54, 1.807) is 35.0 Å². The lowest BCUT2D eigenvalue weighted by Gasteiger charge is -2.07. The lowest BCUT2D eigenvalue weighted by molar-refractivity contribution is 0.101. The minimum atomic E-state index is -0.479. The Balaban J connectivity index is 1.74. The molecule has 0 spiro atoms. The number of ether oxygens (including phenoxy) is 1. The molecular formula is C22H17FN4O2. The highest BCUT2D eigenvalue weighted by molar-refractivity contribution is 6.02. The lowest BCUT2D eigenvalue weighted by Crippen LogP contribution is -2.14. The van der Waals surface area contributed by atoms with Gasteiger partial charge in [0.05, 0.1) is 18.5 Å². The van der Waals surface area contributed by atoms with Crippen molar-refractivity contribution in [2.45, 2.75) is 0 Å². The summed E-state index contributed by atoms with van der Waals surface area (Å²) in [5.41, 5.74) is 1.88. The highest BCUT2D eigenvalue weighted by Crippen LogP contribution is 2.25. The normalized spacial score (nSPS) is 10.6. The molecule has 0 saturated heterocycles. The molecule has 1 aromatic heterocycles. The summed E-state index contributed by atoms with van der Waals surface area (Å²) in [4.78, 5) is 17.2. The van der Waals surface area contributed by atoms with Crippen LogP contribution in [0.25, 0.3) is 17.1 Å². The molecule has 0 aliphatic carbocycles. The molecule has 0 fully saturated rings. The van der Waals surface area contributed by atoms with E-state index in [0.29, 0.717) is 22.8 Å². The number of methoxy groups -OCH3 is 1. The number of nitrogens with zero attached hydrogens (tertiary/aromatic N) is 3. The highest BCUT2D eigenvalue weighted by Gasteiger charge is 2.20. The van der Waals surface area contributed by atoms with Gasteiger partial charge in [0, 0.05) is 5.56 Å². The van der Waals surface area contributed by atoms with Crippen molar-refractivity contribution in [2.75, 3.05) is 12.4 Å². The Bertz CT molecular complexity index is 1140. The summed E-state index contributed by atoms with van der Waals surface area (Å²) in [5, 5.41) is 7.16. The zero-order valence-corrected chi connectivity index (χ0v) is 15.5. The molecule has 0 bridgehead atoms. The number of benzene rings is 3. The molecule has 0 aliphatic rings. The second kappa shape index (κ2) is 7.93. The molecule has 0 atom stereocenters. The monoisotopic (exact) mass is 388 g/mol. The molecule has 7 heteroatoms. The second-order valence-electron chi connectivity index (χ2n) is 6.17. The van der Waals surface area contributed by atoms with Crippen LogP contribution in [0, 0.1) is 5.82 Å². The highest BCUT2D eigenvalue weighted by atomic mass is 19.1. The Morgan fingerprint density at radius 2 is 1.66 bits per heavy atom. The van der Waals surface area contributed by atoms with Gasteiger partial charge in [-0.3, -0.25) is 4.79 Å². The summed E-state index contributed by atoms with van der Waals surface area (Å²) in [6.45, 7) is 0. The SMILES string of the molecule is COc1ccccc1NC(=O)c1nc(-c2ccc(F)cc2)n(-c2ccccc2)n1. The van der Waals surface area contributed by atoms with Gasteiger partial charge < -0.3 is 10.1 Å². The Kier molecular flexibility index (Phi) is 5.03. The number of nitrogens with one attached hydrogen (secondary N) is 1. The molecule has 0 unspecified atom stereocenters. The zero-order valence-electron chi connectivity index (χ0n) is 15.5. The van der Waals surface area contributed by atoms with Gasteiger partial charge in [-0.1, -0.05) is 30.3 Å². The Morgan fingerprint density at radius 3 is 2.38 bits per heavy atom. The van der Waals surface area contributed by atoms with Gasteiger partial charge in [0.25, 0.3) is 5.91 Å². The standard InChI is InChI=1S/C22H17FN4O2/c1-29-19-10-6-5-9-18(19)24-22(28)20-25-21(15-11-13-16(23)14-12-15)27(26-20)17-7-3-2-4-8-17/h2-14H,1H3,(H,24,28). The van der Waals surface area contributed by atoms with E-state index in [1.807, 2.05) is 36.4 Å². The molecule has 4 aromatic rings. The average molecular weight is 388 g/mol. The van der Waals surface area contributed by atoms with Crippen molar-refractivity contribution in [1.29, 1.82) is 0 Å². The molecule has 0 aliphatic heterocycles. The summed E-state index contributed by atoms with van der Waals surface area (Å²) in [6.07, 6.45) is 0. The van der Waals surface area contributed by atoms with Crippen LogP contribution >= 0.6 is 0 Å². The summed E-state index contributed by atoms with van der Waals surface area (Å²) >= 11 is 0. The molecule has 1 amide bonds. The van der Waals surface area contributed by atoms with Crippen LogP contribution in [0.1, 0.15) is 10.6 Å². The number of aromatic nitrogens is 3. The number of halogens is 1. The van der Waals surface area contributed by atoms with Crippen molar-refractivity contribution in [2.24, 2.45) is 0 Å². The Labute approximate surface area is 166 Å². The Morgan fingerprint density at radius 1 is 0.966 bits per heavy atom. The number of hydrogen-bond acceptors (Lipinski definition) is 4. The largest absolute Gasteiger partial charge is 0.495 e. The van der Waals surface area contributed by atoms with Crippen molar-refractivity contribution < 1.29 is 13.9 Å². The van der Waals surface area contributed by atoms with Crippen LogP contribution in [-0.2, 0) is 0 Å². The van der Waals surface area contributed by atoms with Crippen molar-refractivity contribution in [1.82, 2.24) is 14.8 Å². The Hall–Kier alpha value is -4.00. The van der Waals surface area contributed by atoms with Crippen LogP contribution in [0.2, 0.25) is 0 Å². The van der Waals surface area contributed by atoms with Gasteiger partial charge in [-0.25, -0.2) is 14.1 Å². The number of rotatable bonds is 5. The van der Waals surface area contributed by atoms with Crippen LogP contribution < -0.4 is 10.1 Å². The van der Waals surface area contributed by atoms with E-state index in [2.05, 4.69) is 15.4 Å². The van der Waals surface area contributed by atoms with Crippen LogP contribution in [0.4, 0.5) is 10.1 Å². The maximum absolute atomic E-state index is 13.4. The van der Waals surface area contributed by atoms with Crippen molar-refractivity contribution in [3.63, 3.8) is 0 Å². The molecule has 1 heterocycles. The zero-order chi connectivity index (χ0) is 20.2. The average Bonchev–Trinajstić information content (AvgIpc) is 3.21. The molecule has 4 rings (SSSR count). The quantitative estimate of drug-likeness (QED) is 0.552. The third-order valence-electron chi connectivity index (χ3n) is 4.27. The number of carbonyl (C=O) groups is 1. The maximum Gasteiger partial charge on any atom is 0.295 e. The van der Waals surface area contributed by atoms with Gasteiger partial charge >= 0.3 is 0 Å². The fourth-order valence-corrected chi connectivity index (χ4v) is 2.87. The van der Waals surface area contributed by atoms with Crippen LogP contribution in [0.5, 0.6) is 5.75 Å². The van der Waals surface area contributed by atoms with E-state index >= 15 is 0 Å². The first kappa shape index (κ1) is 18.4. The van der Waals surface area contributed by atoms with E-state index in [1.165, 1.54) is 19.2 Å². The third kappa shape index (κ3) is 3.84. The predicted molar refractivity (Wildman–Crippen MR) is 108 cm³/mol. The third-order valence-corrected chi connectivity index (χ3v) is 4.27. The molecular weight excluding hydrogens is 371 g/mol. The molecule has 29 heavy (non-hydrogen) atoms. The fraction of sp³-hybridized carbons (Fsp3) is 0.0455. The molecule has 0 saturated carbocycles. The summed E-state index contributed by atoms with van der Waals surface area (Å²) < 4.78 is 20.2. The van der Waals surface area contributed by atoms with Gasteiger partial charge in [0.1, 0.15) is 11.6 Å². The molecule has 0 radical (unpaired) electrons. The summed E-state index contributed by atoms with van der Waals surface area (Å²) in [6, 6.07) is 22.3. The smallest absolute Gasteiger partial charge is 0.295 e. The number of carbonyl (C=O) groups excluding carboxylic acids is 1. The topological polar surface area (TPSA) is 69.0 Å². The lowest BCUT2D eigenvalue weighted by atomic mass is 10.2. The summed E-state index contributed by atoms with van der Waals surface area (Å²) in [5.74, 6) is 0.115. The first-order chi connectivity index (χ1) is 14.2. The van der Waals surface area contributed by atoms with Gasteiger partial charge in [-0.05, 0) is 48.5 Å². The van der Waals surface area contributed by atoms with E-state index in [-0.39, 0.29) is 11.6 Å². The predicted octanol–water partition coefficient (Wildman–Crippen LogP) is 4.33. The van der Waals surface area contributed by atoms with E-state index in [9.17, 15) is 9.18 Å². The minimum Gasteiger partial charge on any atom is -0.495 e. The molecule has 1 N–H and O–H groups in total. The van der Waals surface area contributed by atoms with Gasteiger partial charge in [-0.15, -0.1) is 5.10 Å². The van der Waals surface area contributed by atoms with Crippen LogP contribution in [0.15, 0.2) is 78.9 Å². The van der Waals surface area contributed by atoms with Gasteiger partial charge in [0.2, 0.25) is 5.82 Å².